The van der Waals surface area contributed by atoms with E-state index in [0.717, 1.165) is 5.56 Å². The van der Waals surface area contributed by atoms with Gasteiger partial charge in [-0.3, -0.25) is 4.79 Å². The predicted octanol–water partition coefficient (Wildman–Crippen LogP) is 3.74. The molecule has 0 saturated heterocycles. The van der Waals surface area contributed by atoms with Crippen molar-refractivity contribution in [3.63, 3.8) is 0 Å². The fourth-order valence-corrected chi connectivity index (χ4v) is 4.51. The van der Waals surface area contributed by atoms with Crippen LogP contribution in [-0.4, -0.2) is 43.4 Å². The van der Waals surface area contributed by atoms with Gasteiger partial charge in [-0.15, -0.1) is 0 Å². The third kappa shape index (κ3) is 5.52. The Morgan fingerprint density at radius 3 is 2.33 bits per heavy atom. The zero-order valence-corrected chi connectivity index (χ0v) is 18.9. The number of benzene rings is 2. The van der Waals surface area contributed by atoms with Crippen molar-refractivity contribution in [2.75, 3.05) is 25.0 Å². The Hall–Kier alpha value is -2.58. The summed E-state index contributed by atoms with van der Waals surface area (Å²) in [5.74, 6) is -0.134. The molecule has 0 aromatic heterocycles. The summed E-state index contributed by atoms with van der Waals surface area (Å²) in [5.41, 5.74) is 0.826. The van der Waals surface area contributed by atoms with Gasteiger partial charge in [-0.25, -0.2) is 8.42 Å². The number of aromatic hydroxyl groups is 1. The molecule has 30 heavy (non-hydrogen) atoms. The van der Waals surface area contributed by atoms with Gasteiger partial charge >= 0.3 is 0 Å². The van der Waals surface area contributed by atoms with Crippen LogP contribution in [-0.2, 0) is 20.2 Å². The van der Waals surface area contributed by atoms with E-state index in [1.165, 1.54) is 22.5 Å². The summed E-state index contributed by atoms with van der Waals surface area (Å²) in [6.07, 6.45) is 0. The molecule has 0 spiro atoms. The van der Waals surface area contributed by atoms with Crippen molar-refractivity contribution in [3.05, 3.63) is 48.0 Å². The topological polar surface area (TPSA) is 95.9 Å². The minimum absolute atomic E-state index is 0.00158. The zero-order chi connectivity index (χ0) is 22.5. The third-order valence-corrected chi connectivity index (χ3v) is 6.69. The van der Waals surface area contributed by atoms with E-state index in [1.807, 2.05) is 18.2 Å². The van der Waals surface area contributed by atoms with Crippen LogP contribution in [0.15, 0.2) is 47.4 Å². The van der Waals surface area contributed by atoms with Crippen molar-refractivity contribution < 1.29 is 23.1 Å². The molecular formula is C22H30N2O5S. The number of nitrogens with one attached hydrogen (secondary N) is 1. The number of carbonyl (C=O) groups is 1. The summed E-state index contributed by atoms with van der Waals surface area (Å²) in [7, 11) is -3.71. The lowest BCUT2D eigenvalue weighted by molar-refractivity contribution is -0.118. The second kappa shape index (κ2) is 9.49. The Kier molecular flexibility index (Phi) is 7.49. The number of nitrogens with zero attached hydrogens (tertiary/aromatic N) is 1. The Morgan fingerprint density at radius 2 is 1.73 bits per heavy atom. The van der Waals surface area contributed by atoms with Gasteiger partial charge in [0.15, 0.2) is 6.61 Å². The highest BCUT2D eigenvalue weighted by molar-refractivity contribution is 7.89. The Bertz CT molecular complexity index is 993. The molecule has 164 valence electrons. The summed E-state index contributed by atoms with van der Waals surface area (Å²) in [4.78, 5) is 12.4. The molecule has 0 bridgehead atoms. The number of amides is 1. The highest BCUT2D eigenvalue weighted by Crippen LogP contribution is 2.31. The average Bonchev–Trinajstić information content (AvgIpc) is 2.68. The number of sulfonamides is 1. The Labute approximate surface area is 178 Å². The minimum Gasteiger partial charge on any atom is -0.506 e. The SMILES string of the molecule is CCN(CC)S(=O)(=O)c1ccc(O)c(NC(=O)COc2ccccc2C(C)(C)C)c1. The number of ether oxygens (including phenoxy) is 1. The number of phenols is 1. The molecule has 0 aliphatic carbocycles. The van der Waals surface area contributed by atoms with Crippen molar-refractivity contribution >= 4 is 21.6 Å². The predicted molar refractivity (Wildman–Crippen MR) is 117 cm³/mol. The van der Waals surface area contributed by atoms with Gasteiger partial charge in [0.25, 0.3) is 5.91 Å². The molecule has 0 unspecified atom stereocenters. The normalized spacial score (nSPS) is 12.1. The summed E-state index contributed by atoms with van der Waals surface area (Å²) in [5, 5.41) is 12.6. The maximum Gasteiger partial charge on any atom is 0.262 e. The van der Waals surface area contributed by atoms with Crippen LogP contribution < -0.4 is 10.1 Å². The molecule has 0 aliphatic rings. The molecule has 0 heterocycles. The van der Waals surface area contributed by atoms with Crippen molar-refractivity contribution in [1.29, 1.82) is 0 Å². The van der Waals surface area contributed by atoms with Gasteiger partial charge in [-0.2, -0.15) is 4.31 Å². The van der Waals surface area contributed by atoms with Gasteiger partial charge in [-0.1, -0.05) is 52.8 Å². The fraction of sp³-hybridized carbons (Fsp3) is 0.409. The zero-order valence-electron chi connectivity index (χ0n) is 18.1. The number of rotatable bonds is 8. The van der Waals surface area contributed by atoms with Gasteiger partial charge in [0.05, 0.1) is 10.6 Å². The van der Waals surface area contributed by atoms with Gasteiger partial charge in [0, 0.05) is 13.1 Å². The summed E-state index contributed by atoms with van der Waals surface area (Å²) >= 11 is 0. The lowest BCUT2D eigenvalue weighted by Gasteiger charge is -2.22. The van der Waals surface area contributed by atoms with Crippen LogP contribution in [0.25, 0.3) is 0 Å². The van der Waals surface area contributed by atoms with E-state index >= 15 is 0 Å². The Morgan fingerprint density at radius 1 is 1.10 bits per heavy atom. The minimum atomic E-state index is -3.71. The van der Waals surface area contributed by atoms with Gasteiger partial charge in [0.2, 0.25) is 10.0 Å². The maximum atomic E-state index is 12.7. The van der Waals surface area contributed by atoms with E-state index in [1.54, 1.807) is 19.9 Å². The van der Waals surface area contributed by atoms with Crippen molar-refractivity contribution in [3.8, 4) is 11.5 Å². The van der Waals surface area contributed by atoms with Crippen LogP contribution >= 0.6 is 0 Å². The van der Waals surface area contributed by atoms with E-state index in [9.17, 15) is 18.3 Å². The molecule has 1 amide bonds. The first-order valence-corrected chi connectivity index (χ1v) is 11.3. The quantitative estimate of drug-likeness (QED) is 0.617. The monoisotopic (exact) mass is 434 g/mol. The summed E-state index contributed by atoms with van der Waals surface area (Å²) < 4.78 is 32.4. The molecule has 2 N–H and O–H groups in total. The van der Waals surface area contributed by atoms with Crippen molar-refractivity contribution in [2.24, 2.45) is 0 Å². The fourth-order valence-electron chi connectivity index (χ4n) is 3.03. The number of anilines is 1. The number of para-hydroxylation sites is 1. The van der Waals surface area contributed by atoms with Gasteiger partial charge in [0.1, 0.15) is 11.5 Å². The Balaban J connectivity index is 2.17. The first-order chi connectivity index (χ1) is 14.0. The molecule has 2 rings (SSSR count). The molecule has 8 heteroatoms. The number of carbonyl (C=O) groups excluding carboxylic acids is 1. The lowest BCUT2D eigenvalue weighted by Crippen LogP contribution is -2.30. The van der Waals surface area contributed by atoms with E-state index < -0.39 is 15.9 Å². The molecule has 0 saturated carbocycles. The number of hydrogen-bond acceptors (Lipinski definition) is 5. The van der Waals surface area contributed by atoms with E-state index in [0.29, 0.717) is 18.8 Å². The molecule has 0 fully saturated rings. The van der Waals surface area contributed by atoms with Gasteiger partial charge < -0.3 is 15.2 Å². The van der Waals surface area contributed by atoms with E-state index in [4.69, 9.17) is 4.74 Å². The van der Waals surface area contributed by atoms with Crippen LogP contribution in [0, 0.1) is 0 Å². The van der Waals surface area contributed by atoms with Crippen LogP contribution in [0.4, 0.5) is 5.69 Å². The van der Waals surface area contributed by atoms with Crippen LogP contribution in [0.1, 0.15) is 40.2 Å². The second-order valence-electron chi connectivity index (χ2n) is 7.85. The first-order valence-electron chi connectivity index (χ1n) is 9.86. The smallest absolute Gasteiger partial charge is 0.262 e. The molecule has 7 nitrogen and oxygen atoms in total. The number of hydrogen-bond donors (Lipinski definition) is 2. The highest BCUT2D eigenvalue weighted by Gasteiger charge is 2.23. The van der Waals surface area contributed by atoms with Crippen LogP contribution in [0.3, 0.4) is 0 Å². The molecule has 0 aliphatic heterocycles. The lowest BCUT2D eigenvalue weighted by atomic mass is 9.86. The standard InChI is InChI=1S/C22H30N2O5S/c1-6-24(7-2)30(27,28)16-12-13-19(25)18(14-16)23-21(26)15-29-20-11-9-8-10-17(20)22(3,4)5/h8-14,25H,6-7,15H2,1-5H3,(H,23,26). The molecule has 2 aromatic carbocycles. The average molecular weight is 435 g/mol. The van der Waals surface area contributed by atoms with Crippen molar-refractivity contribution in [2.45, 2.75) is 44.9 Å². The molecule has 0 atom stereocenters. The molecular weight excluding hydrogens is 404 g/mol. The summed E-state index contributed by atoms with van der Waals surface area (Å²) in [6, 6.07) is 11.3. The van der Waals surface area contributed by atoms with Crippen LogP contribution in [0.5, 0.6) is 11.5 Å². The van der Waals surface area contributed by atoms with Gasteiger partial charge in [-0.05, 0) is 35.2 Å². The largest absolute Gasteiger partial charge is 0.506 e. The van der Waals surface area contributed by atoms with E-state index in [-0.39, 0.29) is 28.4 Å². The van der Waals surface area contributed by atoms with E-state index in [2.05, 4.69) is 26.1 Å². The number of phenolic OH excluding ortho intramolecular Hbond substituents is 1. The molecule has 0 radical (unpaired) electrons. The van der Waals surface area contributed by atoms with Crippen molar-refractivity contribution in [1.82, 2.24) is 4.31 Å². The maximum absolute atomic E-state index is 12.7. The molecule has 2 aromatic rings. The third-order valence-electron chi connectivity index (χ3n) is 4.64. The first kappa shape index (κ1) is 23.7. The second-order valence-corrected chi connectivity index (χ2v) is 9.79. The highest BCUT2D eigenvalue weighted by atomic mass is 32.2. The van der Waals surface area contributed by atoms with Crippen LogP contribution in [0.2, 0.25) is 0 Å². The summed E-state index contributed by atoms with van der Waals surface area (Å²) in [6.45, 7) is 10.0.